The number of hydrogen-bond acceptors (Lipinski definition) is 3. The Kier molecular flexibility index (Phi) is 4.70. The molecular formula is C10H11BrFNO3. The molecule has 88 valence electrons. The maximum atomic E-state index is 13.6. The number of aromatic carboxylic acids is 1. The molecule has 1 aromatic rings. The number of hydrogen-bond donors (Lipinski definition) is 3. The van der Waals surface area contributed by atoms with Crippen LogP contribution in [0.1, 0.15) is 16.8 Å². The Hall–Kier alpha value is -1.14. The Labute approximate surface area is 100 Å². The van der Waals surface area contributed by atoms with Gasteiger partial charge in [0, 0.05) is 13.2 Å². The minimum atomic E-state index is -1.19. The highest BCUT2D eigenvalue weighted by Gasteiger charge is 2.15. The molecule has 1 aromatic carbocycles. The van der Waals surface area contributed by atoms with Crippen LogP contribution in [0.5, 0.6) is 0 Å². The number of nitrogens with one attached hydrogen (secondary N) is 1. The number of carbonyl (C=O) groups is 1. The molecule has 0 aliphatic carbocycles. The normalized spacial score (nSPS) is 10.2. The molecule has 4 nitrogen and oxygen atoms in total. The monoisotopic (exact) mass is 291 g/mol. The van der Waals surface area contributed by atoms with E-state index >= 15 is 0 Å². The van der Waals surface area contributed by atoms with E-state index in [2.05, 4.69) is 21.2 Å². The number of carboxylic acids is 1. The average Bonchev–Trinajstić information content (AvgIpc) is 2.24. The van der Waals surface area contributed by atoms with Gasteiger partial charge in [0.25, 0.3) is 0 Å². The first-order valence-corrected chi connectivity index (χ1v) is 5.43. The molecule has 3 N–H and O–H groups in total. The molecule has 0 radical (unpaired) electrons. The minimum absolute atomic E-state index is 0.0169. The van der Waals surface area contributed by atoms with Crippen molar-refractivity contribution in [3.05, 3.63) is 28.0 Å². The molecule has 0 heterocycles. The molecular weight excluding hydrogens is 281 g/mol. The summed E-state index contributed by atoms with van der Waals surface area (Å²) in [5.41, 5.74) is 0.0931. The lowest BCUT2D eigenvalue weighted by Gasteiger charge is -2.09. The van der Waals surface area contributed by atoms with Crippen molar-refractivity contribution in [2.24, 2.45) is 0 Å². The van der Waals surface area contributed by atoms with Gasteiger partial charge in [-0.05, 0) is 34.5 Å². The van der Waals surface area contributed by atoms with Crippen LogP contribution in [0.15, 0.2) is 16.6 Å². The van der Waals surface area contributed by atoms with Gasteiger partial charge in [-0.25, -0.2) is 9.18 Å². The summed E-state index contributed by atoms with van der Waals surface area (Å²) in [5, 5.41) is 20.1. The van der Waals surface area contributed by atoms with E-state index in [1.165, 1.54) is 12.1 Å². The lowest BCUT2D eigenvalue weighted by molar-refractivity contribution is 0.0695. The van der Waals surface area contributed by atoms with E-state index < -0.39 is 11.8 Å². The van der Waals surface area contributed by atoms with Gasteiger partial charge in [0.15, 0.2) is 5.82 Å². The molecule has 0 spiro atoms. The lowest BCUT2D eigenvalue weighted by Crippen LogP contribution is -2.07. The second-order valence-corrected chi connectivity index (χ2v) is 3.89. The van der Waals surface area contributed by atoms with E-state index in [0.29, 0.717) is 13.0 Å². The Balaban J connectivity index is 2.89. The van der Waals surface area contributed by atoms with Crippen molar-refractivity contribution in [3.8, 4) is 0 Å². The van der Waals surface area contributed by atoms with Crippen LogP contribution in [-0.4, -0.2) is 29.3 Å². The Bertz CT molecular complexity index is 398. The number of carboxylic acid groups (broad SMARTS) is 1. The molecule has 0 bridgehead atoms. The summed E-state index contributed by atoms with van der Waals surface area (Å²) in [5.74, 6) is -1.83. The smallest absolute Gasteiger partial charge is 0.336 e. The third-order valence-corrected chi connectivity index (χ3v) is 2.74. The van der Waals surface area contributed by atoms with E-state index in [-0.39, 0.29) is 22.3 Å². The number of benzene rings is 1. The van der Waals surface area contributed by atoms with Crippen molar-refractivity contribution in [1.29, 1.82) is 0 Å². The predicted molar refractivity (Wildman–Crippen MR) is 61.3 cm³/mol. The number of halogens is 2. The van der Waals surface area contributed by atoms with E-state index in [9.17, 15) is 9.18 Å². The van der Waals surface area contributed by atoms with Gasteiger partial charge in [-0.3, -0.25) is 0 Å². The molecule has 1 rings (SSSR count). The van der Waals surface area contributed by atoms with Crippen LogP contribution in [0.25, 0.3) is 0 Å². The van der Waals surface area contributed by atoms with Crippen LogP contribution in [-0.2, 0) is 0 Å². The van der Waals surface area contributed by atoms with E-state index in [4.69, 9.17) is 10.2 Å². The first kappa shape index (κ1) is 12.9. The van der Waals surface area contributed by atoms with Crippen LogP contribution in [0.2, 0.25) is 0 Å². The fourth-order valence-electron chi connectivity index (χ4n) is 1.15. The zero-order valence-corrected chi connectivity index (χ0v) is 9.92. The Morgan fingerprint density at radius 1 is 1.50 bits per heavy atom. The van der Waals surface area contributed by atoms with Gasteiger partial charge in [-0.15, -0.1) is 0 Å². The van der Waals surface area contributed by atoms with Crippen LogP contribution in [0.3, 0.4) is 0 Å². The fourth-order valence-corrected chi connectivity index (χ4v) is 1.67. The van der Waals surface area contributed by atoms with Crippen molar-refractivity contribution in [2.45, 2.75) is 6.42 Å². The summed E-state index contributed by atoms with van der Waals surface area (Å²) < 4.78 is 13.5. The van der Waals surface area contributed by atoms with E-state index in [0.717, 1.165) is 0 Å². The maximum Gasteiger partial charge on any atom is 0.336 e. The van der Waals surface area contributed by atoms with Crippen molar-refractivity contribution >= 4 is 27.6 Å². The van der Waals surface area contributed by atoms with Crippen LogP contribution < -0.4 is 5.32 Å². The van der Waals surface area contributed by atoms with Gasteiger partial charge in [0.1, 0.15) is 0 Å². The second-order valence-electron chi connectivity index (χ2n) is 3.10. The summed E-state index contributed by atoms with van der Waals surface area (Å²) >= 11 is 2.90. The standard InChI is InChI=1S/C10H11BrFNO3/c11-8-6(10(15)16)2-3-7(9(8)12)13-4-1-5-14/h2-3,13-14H,1,4-5H2,(H,15,16). The number of rotatable bonds is 5. The molecule has 0 aliphatic heterocycles. The Morgan fingerprint density at radius 2 is 2.19 bits per heavy atom. The molecule has 0 saturated heterocycles. The minimum Gasteiger partial charge on any atom is -0.478 e. The zero-order valence-electron chi connectivity index (χ0n) is 8.33. The molecule has 0 aliphatic rings. The van der Waals surface area contributed by atoms with Gasteiger partial charge >= 0.3 is 5.97 Å². The van der Waals surface area contributed by atoms with Crippen molar-refractivity contribution < 1.29 is 19.4 Å². The van der Waals surface area contributed by atoms with Gasteiger partial charge in [0.2, 0.25) is 0 Å². The summed E-state index contributed by atoms with van der Waals surface area (Å²) in [7, 11) is 0. The van der Waals surface area contributed by atoms with Crippen LogP contribution in [0, 0.1) is 5.82 Å². The lowest BCUT2D eigenvalue weighted by atomic mass is 10.2. The van der Waals surface area contributed by atoms with Gasteiger partial charge in [0.05, 0.1) is 15.7 Å². The number of aliphatic hydroxyl groups excluding tert-OH is 1. The van der Waals surface area contributed by atoms with Gasteiger partial charge < -0.3 is 15.5 Å². The highest BCUT2D eigenvalue weighted by atomic mass is 79.9. The maximum absolute atomic E-state index is 13.6. The molecule has 0 unspecified atom stereocenters. The van der Waals surface area contributed by atoms with E-state index in [1.807, 2.05) is 0 Å². The largest absolute Gasteiger partial charge is 0.478 e. The number of anilines is 1. The van der Waals surface area contributed by atoms with Gasteiger partial charge in [-0.1, -0.05) is 0 Å². The highest BCUT2D eigenvalue weighted by Crippen LogP contribution is 2.26. The highest BCUT2D eigenvalue weighted by molar-refractivity contribution is 9.10. The van der Waals surface area contributed by atoms with Gasteiger partial charge in [-0.2, -0.15) is 0 Å². The summed E-state index contributed by atoms with van der Waals surface area (Å²) in [6.07, 6.45) is 0.498. The van der Waals surface area contributed by atoms with Crippen molar-refractivity contribution in [1.82, 2.24) is 0 Å². The molecule has 0 amide bonds. The number of aliphatic hydroxyl groups is 1. The molecule has 6 heteroatoms. The van der Waals surface area contributed by atoms with Crippen LogP contribution in [0.4, 0.5) is 10.1 Å². The quantitative estimate of drug-likeness (QED) is 0.727. The van der Waals surface area contributed by atoms with Crippen molar-refractivity contribution in [2.75, 3.05) is 18.5 Å². The fraction of sp³-hybridized carbons (Fsp3) is 0.300. The van der Waals surface area contributed by atoms with E-state index in [1.54, 1.807) is 0 Å². The predicted octanol–water partition coefficient (Wildman–Crippen LogP) is 2.08. The zero-order chi connectivity index (χ0) is 12.1. The summed E-state index contributed by atoms with van der Waals surface area (Å²) in [4.78, 5) is 10.7. The molecule has 0 saturated carbocycles. The SMILES string of the molecule is O=C(O)c1ccc(NCCCO)c(F)c1Br. The first-order chi connectivity index (χ1) is 7.57. The van der Waals surface area contributed by atoms with Crippen molar-refractivity contribution in [3.63, 3.8) is 0 Å². The topological polar surface area (TPSA) is 69.6 Å². The Morgan fingerprint density at radius 3 is 2.75 bits per heavy atom. The average molecular weight is 292 g/mol. The summed E-state index contributed by atoms with van der Waals surface area (Å²) in [6, 6.07) is 2.68. The molecule has 0 aromatic heterocycles. The first-order valence-electron chi connectivity index (χ1n) is 4.64. The molecule has 0 atom stereocenters. The summed E-state index contributed by atoms with van der Waals surface area (Å²) in [6.45, 7) is 0.440. The third kappa shape index (κ3) is 2.93. The molecule has 0 fully saturated rings. The van der Waals surface area contributed by atoms with Crippen LogP contribution >= 0.6 is 15.9 Å². The second kappa shape index (κ2) is 5.81. The third-order valence-electron chi connectivity index (χ3n) is 1.96. The molecule has 16 heavy (non-hydrogen) atoms.